The molecule has 2 nitrogen and oxygen atoms in total. The van der Waals surface area contributed by atoms with Crippen LogP contribution in [0, 0.1) is 0 Å². The highest BCUT2D eigenvalue weighted by Gasteiger charge is 2.15. The molecule has 1 atom stereocenters. The van der Waals surface area contributed by atoms with E-state index in [4.69, 9.17) is 4.74 Å². The Morgan fingerprint density at radius 2 is 2.00 bits per heavy atom. The van der Waals surface area contributed by atoms with Crippen LogP contribution in [0.25, 0.3) is 0 Å². The van der Waals surface area contributed by atoms with Crippen molar-refractivity contribution >= 4 is 11.8 Å². The molecule has 1 saturated heterocycles. The zero-order valence-electron chi connectivity index (χ0n) is 11.5. The fourth-order valence-corrected chi connectivity index (χ4v) is 2.90. The molecule has 3 heteroatoms. The molecule has 0 saturated carbocycles. The lowest BCUT2D eigenvalue weighted by Crippen LogP contribution is -2.41. The third kappa shape index (κ3) is 3.92. The average Bonchev–Trinajstić information content (AvgIpc) is 2.37. The van der Waals surface area contributed by atoms with Gasteiger partial charge in [0.05, 0.1) is 6.04 Å². The summed E-state index contributed by atoms with van der Waals surface area (Å²) in [5.74, 6) is 3.34. The molecule has 0 spiro atoms. The third-order valence-corrected chi connectivity index (χ3v) is 4.30. The lowest BCUT2D eigenvalue weighted by molar-refractivity contribution is 0.275. The Balaban J connectivity index is 1.86. The van der Waals surface area contributed by atoms with Gasteiger partial charge in [-0.05, 0) is 23.1 Å². The average molecular weight is 265 g/mol. The minimum absolute atomic E-state index is 0.208. The Kier molecular flexibility index (Phi) is 4.57. The molecule has 1 unspecified atom stereocenters. The van der Waals surface area contributed by atoms with Gasteiger partial charge in [-0.25, -0.2) is 0 Å². The van der Waals surface area contributed by atoms with Gasteiger partial charge in [-0.1, -0.05) is 32.9 Å². The maximum absolute atomic E-state index is 5.84. The normalized spacial score (nSPS) is 20.7. The summed E-state index contributed by atoms with van der Waals surface area (Å²) in [5.41, 5.74) is 1.56. The number of ether oxygens (including phenoxy) is 1. The first-order valence-electron chi connectivity index (χ1n) is 6.60. The van der Waals surface area contributed by atoms with Crippen molar-refractivity contribution in [3.8, 4) is 5.75 Å². The summed E-state index contributed by atoms with van der Waals surface area (Å²) in [7, 11) is 0. The lowest BCUT2D eigenvalue weighted by Gasteiger charge is -2.23. The fraction of sp³-hybridized carbons (Fsp3) is 0.600. The molecule has 2 rings (SSSR count). The van der Waals surface area contributed by atoms with Gasteiger partial charge in [0.15, 0.2) is 0 Å². The number of nitrogens with one attached hydrogen (secondary N) is 1. The summed E-state index contributed by atoms with van der Waals surface area (Å²) in [6.07, 6.45) is 0. The van der Waals surface area contributed by atoms with E-state index < -0.39 is 0 Å². The topological polar surface area (TPSA) is 21.3 Å². The van der Waals surface area contributed by atoms with Crippen LogP contribution >= 0.6 is 11.8 Å². The number of hydrogen-bond acceptors (Lipinski definition) is 3. The van der Waals surface area contributed by atoms with E-state index in [9.17, 15) is 0 Å². The molecule has 1 aliphatic heterocycles. The molecular formula is C15H23NOS. The molecule has 0 aromatic heterocycles. The quantitative estimate of drug-likeness (QED) is 0.907. The molecule has 18 heavy (non-hydrogen) atoms. The highest BCUT2D eigenvalue weighted by atomic mass is 32.2. The number of rotatable bonds is 3. The summed E-state index contributed by atoms with van der Waals surface area (Å²) < 4.78 is 5.84. The predicted molar refractivity (Wildman–Crippen MR) is 79.8 cm³/mol. The van der Waals surface area contributed by atoms with Crippen molar-refractivity contribution < 1.29 is 4.74 Å². The van der Waals surface area contributed by atoms with Crippen LogP contribution in [0.4, 0.5) is 0 Å². The molecule has 1 fully saturated rings. The van der Waals surface area contributed by atoms with Crippen molar-refractivity contribution in [1.82, 2.24) is 5.32 Å². The Labute approximate surface area is 114 Å². The first-order chi connectivity index (χ1) is 8.55. The van der Waals surface area contributed by atoms with E-state index in [2.05, 4.69) is 50.4 Å². The molecule has 1 aliphatic rings. The van der Waals surface area contributed by atoms with Crippen molar-refractivity contribution in [1.29, 1.82) is 0 Å². The second-order valence-electron chi connectivity index (χ2n) is 5.81. The van der Waals surface area contributed by atoms with Gasteiger partial charge < -0.3 is 10.1 Å². The third-order valence-electron chi connectivity index (χ3n) is 3.17. The molecule has 100 valence electrons. The minimum atomic E-state index is 0.208. The fourth-order valence-electron chi connectivity index (χ4n) is 1.97. The molecule has 0 radical (unpaired) electrons. The lowest BCUT2D eigenvalue weighted by atomic mass is 9.87. The predicted octanol–water partition coefficient (Wildman–Crippen LogP) is 3.07. The van der Waals surface area contributed by atoms with Crippen molar-refractivity contribution in [3.05, 3.63) is 29.8 Å². The van der Waals surface area contributed by atoms with Gasteiger partial charge >= 0.3 is 0 Å². The van der Waals surface area contributed by atoms with Gasteiger partial charge in [-0.2, -0.15) is 11.8 Å². The van der Waals surface area contributed by atoms with E-state index in [0.29, 0.717) is 6.04 Å². The second-order valence-corrected chi connectivity index (χ2v) is 6.96. The Bertz CT molecular complexity index is 363. The van der Waals surface area contributed by atoms with Gasteiger partial charge in [0, 0.05) is 18.1 Å². The van der Waals surface area contributed by atoms with Gasteiger partial charge in [0.2, 0.25) is 0 Å². The molecular weight excluding hydrogens is 242 g/mol. The van der Waals surface area contributed by atoms with Crippen LogP contribution < -0.4 is 10.1 Å². The maximum Gasteiger partial charge on any atom is 0.119 e. The van der Waals surface area contributed by atoms with Gasteiger partial charge in [0.1, 0.15) is 12.4 Å². The van der Waals surface area contributed by atoms with E-state index in [1.54, 1.807) is 0 Å². The molecule has 1 aromatic carbocycles. The summed E-state index contributed by atoms with van der Waals surface area (Å²) in [4.78, 5) is 0. The van der Waals surface area contributed by atoms with E-state index in [-0.39, 0.29) is 5.41 Å². The zero-order valence-corrected chi connectivity index (χ0v) is 12.3. The highest BCUT2D eigenvalue weighted by molar-refractivity contribution is 7.99. The van der Waals surface area contributed by atoms with Crippen LogP contribution in [0.15, 0.2) is 24.3 Å². The highest BCUT2D eigenvalue weighted by Crippen LogP contribution is 2.24. The van der Waals surface area contributed by atoms with Gasteiger partial charge in [0.25, 0.3) is 0 Å². The van der Waals surface area contributed by atoms with E-state index in [1.807, 2.05) is 11.8 Å². The first-order valence-corrected chi connectivity index (χ1v) is 7.75. The smallest absolute Gasteiger partial charge is 0.119 e. The largest absolute Gasteiger partial charge is 0.492 e. The molecule has 0 aliphatic carbocycles. The zero-order chi connectivity index (χ0) is 13.0. The Morgan fingerprint density at radius 3 is 2.56 bits per heavy atom. The number of thioether (sulfide) groups is 1. The molecule has 1 heterocycles. The van der Waals surface area contributed by atoms with Crippen LogP contribution in [0.1, 0.15) is 26.3 Å². The van der Waals surface area contributed by atoms with Crippen molar-refractivity contribution in [2.45, 2.75) is 32.2 Å². The number of hydrogen-bond donors (Lipinski definition) is 1. The second kappa shape index (κ2) is 5.98. The SMILES string of the molecule is CC(C)(C)c1ccc(OCC2CSCCN2)cc1. The van der Waals surface area contributed by atoms with Crippen molar-refractivity contribution in [3.63, 3.8) is 0 Å². The van der Waals surface area contributed by atoms with Crippen LogP contribution in [-0.2, 0) is 5.41 Å². The standard InChI is InChI=1S/C15H23NOS/c1-15(2,3)12-4-6-14(7-5-12)17-10-13-11-18-9-8-16-13/h4-7,13,16H,8-11H2,1-3H3. The maximum atomic E-state index is 5.84. The molecule has 1 aromatic rings. The van der Waals surface area contributed by atoms with Crippen LogP contribution in [0.3, 0.4) is 0 Å². The van der Waals surface area contributed by atoms with E-state index in [1.165, 1.54) is 11.3 Å². The van der Waals surface area contributed by atoms with Gasteiger partial charge in [-0.3, -0.25) is 0 Å². The van der Waals surface area contributed by atoms with E-state index >= 15 is 0 Å². The summed E-state index contributed by atoms with van der Waals surface area (Å²) in [6, 6.07) is 8.98. The Hall–Kier alpha value is -0.670. The Morgan fingerprint density at radius 1 is 1.28 bits per heavy atom. The summed E-state index contributed by atoms with van der Waals surface area (Å²) in [5, 5.41) is 3.48. The monoisotopic (exact) mass is 265 g/mol. The molecule has 0 bridgehead atoms. The van der Waals surface area contributed by atoms with Crippen molar-refractivity contribution in [2.24, 2.45) is 0 Å². The first kappa shape index (κ1) is 13.8. The van der Waals surface area contributed by atoms with Crippen LogP contribution in [-0.4, -0.2) is 30.7 Å². The van der Waals surface area contributed by atoms with Gasteiger partial charge in [-0.15, -0.1) is 0 Å². The summed E-state index contributed by atoms with van der Waals surface area (Å²) >= 11 is 2.00. The summed E-state index contributed by atoms with van der Waals surface area (Å²) in [6.45, 7) is 8.55. The van der Waals surface area contributed by atoms with Crippen LogP contribution in [0.5, 0.6) is 5.75 Å². The number of benzene rings is 1. The molecule has 0 amide bonds. The van der Waals surface area contributed by atoms with Crippen molar-refractivity contribution in [2.75, 3.05) is 24.7 Å². The van der Waals surface area contributed by atoms with E-state index in [0.717, 1.165) is 24.7 Å². The minimum Gasteiger partial charge on any atom is -0.492 e. The molecule has 1 N–H and O–H groups in total. The van der Waals surface area contributed by atoms with Crippen LogP contribution in [0.2, 0.25) is 0 Å².